The molecule has 0 atom stereocenters. The van der Waals surface area contributed by atoms with Gasteiger partial charge in [0.1, 0.15) is 17.2 Å². The third-order valence-corrected chi connectivity index (χ3v) is 14.9. The summed E-state index contributed by atoms with van der Waals surface area (Å²) in [4.78, 5) is 0. The minimum absolute atomic E-state index is 0.604. The molecule has 11 aromatic rings. The number of aromatic nitrogens is 1. The zero-order valence-corrected chi connectivity index (χ0v) is 33.4. The molecule has 0 saturated heterocycles. The van der Waals surface area contributed by atoms with Gasteiger partial charge in [0.2, 0.25) is 0 Å². The van der Waals surface area contributed by atoms with Gasteiger partial charge in [-0.15, -0.1) is 0 Å². The number of hydrogen-bond acceptors (Lipinski definition) is 2. The monoisotopic (exact) mass is 885 g/mol. The van der Waals surface area contributed by atoms with Crippen LogP contribution in [0.5, 0.6) is 17.2 Å². The highest BCUT2D eigenvalue weighted by Crippen LogP contribution is 2.44. The van der Waals surface area contributed by atoms with Crippen molar-refractivity contribution < 1.29 is 62.9 Å². The van der Waals surface area contributed by atoms with Gasteiger partial charge < -0.3 is 14.0 Å². The maximum absolute atomic E-state index is 10.6. The number of para-hydroxylation sites is 4. The van der Waals surface area contributed by atoms with E-state index in [2.05, 4.69) is 0 Å². The van der Waals surface area contributed by atoms with Crippen LogP contribution in [0.4, 0.5) is 0 Å². The van der Waals surface area contributed by atoms with E-state index < -0.39 is 360 Å². The van der Waals surface area contributed by atoms with Gasteiger partial charge in [-0.25, -0.2) is 0 Å². The van der Waals surface area contributed by atoms with Crippen molar-refractivity contribution >= 4 is 68.5 Å². The summed E-state index contributed by atoms with van der Waals surface area (Å²) >= 11 is 0. The van der Waals surface area contributed by atoms with E-state index in [0.29, 0.717) is 10.6 Å². The van der Waals surface area contributed by atoms with Gasteiger partial charge in [0.15, 0.2) is 8.07 Å². The molecule has 3 nitrogen and oxygen atoms in total. The van der Waals surface area contributed by atoms with Crippen LogP contribution >= 0.6 is 0 Å². The molecular formula is C60H40BNO2Si. The summed E-state index contributed by atoms with van der Waals surface area (Å²) < 4.78 is 377. The Balaban J connectivity index is 1.26. The number of rotatable bonds is 7. The Morgan fingerprint density at radius 3 is 1.66 bits per heavy atom. The highest BCUT2D eigenvalue weighted by Gasteiger charge is 2.43. The average Bonchev–Trinajstić information content (AvgIpc) is 0.899. The van der Waals surface area contributed by atoms with Crippen molar-refractivity contribution in [3.05, 3.63) is 242 Å². The Hall–Kier alpha value is -8.12. The molecule has 0 fully saturated rings. The Morgan fingerprint density at radius 1 is 0.400 bits per heavy atom. The zero-order valence-electron chi connectivity index (χ0n) is 71.4. The molecule has 1 aromatic heterocycles. The second kappa shape index (κ2) is 15.0. The van der Waals surface area contributed by atoms with Crippen molar-refractivity contribution in [3.63, 3.8) is 0 Å². The van der Waals surface area contributed by atoms with E-state index in [-0.39, 0.29) is 0 Å². The van der Waals surface area contributed by atoms with Crippen LogP contribution in [0.1, 0.15) is 53.5 Å². The second-order valence-corrected chi connectivity index (χ2v) is 17.7. The smallest absolute Gasteiger partial charge is 0.434 e. The molecule has 0 saturated carbocycles. The highest BCUT2D eigenvalue weighted by atomic mass is 28.3. The van der Waals surface area contributed by atoms with Crippen molar-refractivity contribution in [3.8, 4) is 56.3 Å². The first-order chi connectivity index (χ1) is 48.5. The molecule has 0 spiro atoms. The lowest BCUT2D eigenvalue weighted by atomic mass is 9.50. The third-order valence-electron chi connectivity index (χ3n) is 10.8. The predicted octanol–water partition coefficient (Wildman–Crippen LogP) is 10.8. The summed E-state index contributed by atoms with van der Waals surface area (Å²) in [5, 5.41) is -5.80. The van der Waals surface area contributed by atoms with Gasteiger partial charge in [-0.1, -0.05) is 193 Å². The van der Waals surface area contributed by atoms with E-state index in [1.165, 1.54) is 0 Å². The van der Waals surface area contributed by atoms with Crippen LogP contribution in [-0.2, 0) is 0 Å². The molecular weight excluding hydrogens is 806 g/mol. The maximum atomic E-state index is 10.6. The fourth-order valence-corrected chi connectivity index (χ4v) is 11.8. The van der Waals surface area contributed by atoms with E-state index in [1.807, 2.05) is 0 Å². The lowest BCUT2D eigenvalue weighted by Crippen LogP contribution is -2.74. The van der Waals surface area contributed by atoms with Crippen LogP contribution in [0.15, 0.2) is 242 Å². The van der Waals surface area contributed by atoms with E-state index in [1.54, 1.807) is 0 Å². The summed E-state index contributed by atoms with van der Waals surface area (Å²) in [6.45, 7) is -2.10. The molecule has 0 unspecified atom stereocenters. The SMILES string of the molecule is [2H]c1c(-c2c([2H])c3c4c(c2[2H])-c2c([2H])c(-c5c([2H])c([2H])c([2H])c([2H])c5-n5c6c([2H])c([2H])c([2H])c([2H])c6c6c([2H])c([2H])c([2H])c([2H])c65)c([2H])c([2H])c2OB4c2c([2H])c([2H])c([2H])c([2H])c2O3)cc([Si](c2c([2H])c([2H])c([2H])c([2H])c2[2H])(c2c([2H])c([2H])c([2H])c([2H])c2[2H])c2c([2H])c([2H])c([2H])c([2H])c2[2H])c([2H])c1[2H]. The van der Waals surface area contributed by atoms with Crippen LogP contribution in [-0.4, -0.2) is 19.6 Å². The molecule has 2 aliphatic rings. The van der Waals surface area contributed by atoms with Crippen LogP contribution in [0.2, 0.25) is 0 Å². The van der Waals surface area contributed by atoms with Gasteiger partial charge in [0.25, 0.3) is 0 Å². The van der Waals surface area contributed by atoms with Crippen molar-refractivity contribution in [1.82, 2.24) is 4.57 Å². The highest BCUT2D eigenvalue weighted by molar-refractivity contribution is 7.19. The number of fused-ring (bicyclic) bond motifs is 7. The van der Waals surface area contributed by atoms with E-state index in [0.717, 1.165) is 0 Å². The first-order valence-corrected chi connectivity index (χ1v) is 21.2. The first kappa shape index (κ1) is 15.3. The lowest BCUT2D eigenvalue weighted by molar-refractivity contribution is 0.479. The Kier molecular flexibility index (Phi) is 3.53. The average molecular weight is 885 g/mol. The summed E-state index contributed by atoms with van der Waals surface area (Å²) in [6, 6.07) is -43.8. The molecule has 304 valence electrons. The molecule has 0 radical (unpaired) electrons. The van der Waals surface area contributed by atoms with Crippen molar-refractivity contribution in [2.45, 2.75) is 0 Å². The third kappa shape index (κ3) is 5.83. The fourth-order valence-electron chi connectivity index (χ4n) is 8.13. The van der Waals surface area contributed by atoms with E-state index >= 15 is 0 Å². The molecule has 2 aliphatic heterocycles. The van der Waals surface area contributed by atoms with Crippen molar-refractivity contribution in [2.75, 3.05) is 0 Å². The topological polar surface area (TPSA) is 23.4 Å². The summed E-state index contributed by atoms with van der Waals surface area (Å²) in [5.74, 6) is -2.67. The molecule has 0 aliphatic carbocycles. The molecule has 65 heavy (non-hydrogen) atoms. The molecule has 5 heteroatoms. The van der Waals surface area contributed by atoms with Crippen LogP contribution < -0.4 is 41.1 Å². The van der Waals surface area contributed by atoms with Crippen molar-refractivity contribution in [1.29, 1.82) is 0 Å². The Labute approximate surface area is 434 Å². The summed E-state index contributed by atoms with van der Waals surface area (Å²) in [6.07, 6.45) is 0. The van der Waals surface area contributed by atoms with Gasteiger partial charge in [0, 0.05) is 32.8 Å². The lowest BCUT2D eigenvalue weighted by Gasteiger charge is -2.35. The zero-order chi connectivity index (χ0) is 76.8. The van der Waals surface area contributed by atoms with Crippen LogP contribution in [0.25, 0.3) is 60.9 Å². The second-order valence-electron chi connectivity index (χ2n) is 14.1. The fraction of sp³-hybridized carbons (Fsp3) is 0. The Morgan fingerprint density at radius 2 is 0.969 bits per heavy atom. The van der Waals surface area contributed by atoms with Crippen molar-refractivity contribution in [2.24, 2.45) is 0 Å². The molecule has 3 heterocycles. The van der Waals surface area contributed by atoms with Gasteiger partial charge in [-0.2, -0.15) is 0 Å². The number of hydrogen-bond donors (Lipinski definition) is 0. The first-order valence-electron chi connectivity index (χ1n) is 38.7. The minimum Gasteiger partial charge on any atom is -0.551 e. The Bertz CT molecular complexity index is 5620. The normalized spacial score (nSPS) is 20.9. The minimum atomic E-state index is -6.45. The molecule has 10 aromatic carbocycles. The van der Waals surface area contributed by atoms with Crippen LogP contribution in [0.3, 0.4) is 0 Å². The maximum Gasteiger partial charge on any atom is 0.434 e. The van der Waals surface area contributed by atoms with Crippen LogP contribution in [0, 0.1) is 0 Å². The number of nitrogens with zero attached hydrogens (tertiary/aromatic N) is 1. The van der Waals surface area contributed by atoms with E-state index in [9.17, 15) is 26.0 Å². The van der Waals surface area contributed by atoms with Gasteiger partial charge in [-0.3, -0.25) is 0 Å². The molecule has 0 N–H and O–H groups in total. The predicted molar refractivity (Wildman–Crippen MR) is 273 cm³/mol. The van der Waals surface area contributed by atoms with Gasteiger partial charge >= 0.3 is 6.92 Å². The molecule has 0 bridgehead atoms. The summed E-state index contributed by atoms with van der Waals surface area (Å²) in [5.41, 5.74) is -9.50. The van der Waals surface area contributed by atoms with E-state index in [4.69, 9.17) is 36.8 Å². The molecule has 0 amide bonds. The standard InChI is InChI=1S/C60H40BNO2Si/c1-4-20-44(21-5-1)65(45-22-6-2-7-23-45,46-24-8-3-9-25-46)47-26-18-19-41(37-47)43-39-52-51-38-42(35-36-57(51)64-61-53-30-13-17-34-58(53)63-59(40-43)60(52)61)48-27-10-14-31-54(48)62-55-32-15-11-28-49(55)50-29-12-16-33-56(50)62/h1-40H/i1D,2D,3D,4D,5D,6D,7D,8D,9D,10D,11D,12D,13D,14D,15D,16D,17D,18D,19D,20D,21D,22D,23D,24D,25D,26D,27D,28D,29D,30D,31D,32D,33D,34D,35D,36D,38D,39D,40D. The quantitative estimate of drug-likeness (QED) is 0.118. The number of ether oxygens (including phenoxy) is 1. The number of benzene rings is 10. The van der Waals surface area contributed by atoms with Gasteiger partial charge in [0.05, 0.1) is 70.2 Å². The van der Waals surface area contributed by atoms with Gasteiger partial charge in [-0.05, 0) is 91.3 Å². The summed E-state index contributed by atoms with van der Waals surface area (Å²) in [7, 11) is -6.45. The molecule has 13 rings (SSSR count). The largest absolute Gasteiger partial charge is 0.551 e.